The normalized spacial score (nSPS) is 8.23. The molecule has 5 heteroatoms. The summed E-state index contributed by atoms with van der Waals surface area (Å²) in [6, 6.07) is 2.78. The van der Waals surface area contributed by atoms with Gasteiger partial charge < -0.3 is 4.74 Å². The van der Waals surface area contributed by atoms with E-state index in [0.29, 0.717) is 5.88 Å². The van der Waals surface area contributed by atoms with Crippen LogP contribution in [-0.4, -0.2) is 17.0 Å². The van der Waals surface area contributed by atoms with Crippen molar-refractivity contribution in [2.24, 2.45) is 0 Å². The number of pyridine rings is 1. The van der Waals surface area contributed by atoms with Crippen LogP contribution >= 0.6 is 0 Å². The van der Waals surface area contributed by atoms with Gasteiger partial charge >= 0.3 is 0 Å². The molecule has 1 heterocycles. The first kappa shape index (κ1) is 11.4. The number of hydrogen-bond donors (Lipinski definition) is 0. The van der Waals surface area contributed by atoms with E-state index < -0.39 is 4.92 Å². The Morgan fingerprint density at radius 2 is 2.08 bits per heavy atom. The van der Waals surface area contributed by atoms with E-state index in [-0.39, 0.29) is 5.69 Å². The molecule has 1 aromatic heterocycles. The van der Waals surface area contributed by atoms with Crippen LogP contribution in [-0.2, 0) is 0 Å². The molecule has 72 valence electrons. The summed E-state index contributed by atoms with van der Waals surface area (Å²) in [6.07, 6.45) is 1.15. The Kier molecular flexibility index (Phi) is 5.18. The molecule has 0 saturated heterocycles. The minimum absolute atomic E-state index is 0.0363. The van der Waals surface area contributed by atoms with E-state index >= 15 is 0 Å². The first-order chi connectivity index (χ1) is 6.24. The maximum atomic E-state index is 10.1. The first-order valence-corrected chi connectivity index (χ1v) is 3.88. The molecule has 0 aliphatic rings. The number of rotatable bonds is 2. The van der Waals surface area contributed by atoms with Crippen LogP contribution < -0.4 is 4.74 Å². The zero-order valence-electron chi connectivity index (χ0n) is 7.85. The fraction of sp³-hybridized carbons (Fsp3) is 0.375. The molecular formula is C8H12N2O3. The molecular weight excluding hydrogens is 172 g/mol. The molecule has 0 N–H and O–H groups in total. The number of nitro groups is 1. The van der Waals surface area contributed by atoms with Gasteiger partial charge in [0.15, 0.2) is 0 Å². The molecule has 0 atom stereocenters. The summed E-state index contributed by atoms with van der Waals surface area (Å²) in [6.45, 7) is 4.00. The Morgan fingerprint density at radius 1 is 1.46 bits per heavy atom. The van der Waals surface area contributed by atoms with Gasteiger partial charge in [-0.3, -0.25) is 10.1 Å². The second kappa shape index (κ2) is 5.93. The van der Waals surface area contributed by atoms with E-state index in [1.54, 1.807) is 0 Å². The van der Waals surface area contributed by atoms with Crippen molar-refractivity contribution in [1.82, 2.24) is 4.98 Å². The molecule has 0 aliphatic carbocycles. The molecule has 0 unspecified atom stereocenters. The molecule has 5 nitrogen and oxygen atoms in total. The average molecular weight is 184 g/mol. The first-order valence-electron chi connectivity index (χ1n) is 3.88. The quantitative estimate of drug-likeness (QED) is 0.521. The van der Waals surface area contributed by atoms with Crippen LogP contribution in [0.2, 0.25) is 0 Å². The fourth-order valence-corrected chi connectivity index (χ4v) is 0.601. The van der Waals surface area contributed by atoms with Crippen LogP contribution in [0, 0.1) is 10.1 Å². The third kappa shape index (κ3) is 3.50. The van der Waals surface area contributed by atoms with Crippen LogP contribution in [0.5, 0.6) is 5.88 Å². The van der Waals surface area contributed by atoms with Crippen LogP contribution in [0.15, 0.2) is 18.3 Å². The van der Waals surface area contributed by atoms with Gasteiger partial charge in [0.1, 0.15) is 6.20 Å². The van der Waals surface area contributed by atoms with Gasteiger partial charge in [-0.05, 0) is 0 Å². The van der Waals surface area contributed by atoms with Crippen molar-refractivity contribution >= 4 is 5.69 Å². The maximum Gasteiger partial charge on any atom is 0.287 e. The minimum atomic E-state index is -0.508. The Morgan fingerprint density at radius 3 is 2.38 bits per heavy atom. The summed E-state index contributed by atoms with van der Waals surface area (Å²) in [5, 5.41) is 10.1. The molecule has 0 bridgehead atoms. The zero-order valence-corrected chi connectivity index (χ0v) is 7.85. The van der Waals surface area contributed by atoms with Gasteiger partial charge in [-0.2, -0.15) is 0 Å². The van der Waals surface area contributed by atoms with E-state index in [9.17, 15) is 10.1 Å². The number of nitrogens with zero attached hydrogens (tertiary/aromatic N) is 2. The van der Waals surface area contributed by atoms with Gasteiger partial charge in [0.05, 0.1) is 12.0 Å². The van der Waals surface area contributed by atoms with Gasteiger partial charge in [-0.15, -0.1) is 0 Å². The molecule has 13 heavy (non-hydrogen) atoms. The van der Waals surface area contributed by atoms with Gasteiger partial charge in [0, 0.05) is 12.1 Å². The van der Waals surface area contributed by atoms with Crippen molar-refractivity contribution in [3.8, 4) is 5.88 Å². The topological polar surface area (TPSA) is 65.3 Å². The summed E-state index contributed by atoms with van der Waals surface area (Å²) in [5.41, 5.74) is -0.0363. The molecule has 0 fully saturated rings. The largest absolute Gasteiger partial charge is 0.481 e. The van der Waals surface area contributed by atoms with E-state index in [2.05, 4.69) is 4.98 Å². The summed E-state index contributed by atoms with van der Waals surface area (Å²) in [4.78, 5) is 13.3. The molecule has 1 rings (SSSR count). The lowest BCUT2D eigenvalue weighted by molar-refractivity contribution is -0.385. The Hall–Kier alpha value is -1.65. The molecule has 0 aliphatic heterocycles. The van der Waals surface area contributed by atoms with E-state index in [4.69, 9.17) is 4.74 Å². The Bertz CT molecular complexity index is 259. The summed E-state index contributed by atoms with van der Waals surface area (Å²) < 4.78 is 4.72. The summed E-state index contributed by atoms with van der Waals surface area (Å²) >= 11 is 0. The predicted octanol–water partition coefficient (Wildman–Crippen LogP) is 2.02. The maximum absolute atomic E-state index is 10.1. The van der Waals surface area contributed by atoms with Crippen molar-refractivity contribution in [3.63, 3.8) is 0 Å². The SMILES string of the molecule is CC.COc1ccc([N+](=O)[O-])cn1. The molecule has 0 amide bonds. The highest BCUT2D eigenvalue weighted by Gasteiger charge is 2.03. The van der Waals surface area contributed by atoms with Crippen molar-refractivity contribution in [2.45, 2.75) is 13.8 Å². The van der Waals surface area contributed by atoms with Crippen molar-refractivity contribution in [2.75, 3.05) is 7.11 Å². The number of hydrogen-bond acceptors (Lipinski definition) is 4. The van der Waals surface area contributed by atoms with Crippen LogP contribution in [0.4, 0.5) is 5.69 Å². The Labute approximate surface area is 76.5 Å². The van der Waals surface area contributed by atoms with Gasteiger partial charge in [-0.25, -0.2) is 4.98 Å². The van der Waals surface area contributed by atoms with E-state index in [0.717, 1.165) is 6.20 Å². The number of aromatic nitrogens is 1. The third-order valence-electron chi connectivity index (χ3n) is 1.14. The predicted molar refractivity (Wildman–Crippen MR) is 48.8 cm³/mol. The minimum Gasteiger partial charge on any atom is -0.481 e. The second-order valence-electron chi connectivity index (χ2n) is 1.82. The Balaban J connectivity index is 0.000000671. The molecule has 1 aromatic rings. The number of methoxy groups -OCH3 is 1. The molecule has 0 radical (unpaired) electrons. The lowest BCUT2D eigenvalue weighted by atomic mass is 10.4. The summed E-state index contributed by atoms with van der Waals surface area (Å²) in [7, 11) is 1.45. The second-order valence-corrected chi connectivity index (χ2v) is 1.82. The monoisotopic (exact) mass is 184 g/mol. The zero-order chi connectivity index (χ0) is 10.3. The van der Waals surface area contributed by atoms with Gasteiger partial charge in [-0.1, -0.05) is 13.8 Å². The highest BCUT2D eigenvalue weighted by atomic mass is 16.6. The third-order valence-corrected chi connectivity index (χ3v) is 1.14. The lowest BCUT2D eigenvalue weighted by Crippen LogP contribution is -1.90. The molecule has 0 aromatic carbocycles. The highest BCUT2D eigenvalue weighted by molar-refractivity contribution is 5.28. The van der Waals surface area contributed by atoms with E-state index in [1.165, 1.54) is 19.2 Å². The van der Waals surface area contributed by atoms with Crippen molar-refractivity contribution in [1.29, 1.82) is 0 Å². The smallest absolute Gasteiger partial charge is 0.287 e. The van der Waals surface area contributed by atoms with Gasteiger partial charge in [0.25, 0.3) is 5.69 Å². The molecule has 0 spiro atoms. The van der Waals surface area contributed by atoms with Crippen LogP contribution in [0.1, 0.15) is 13.8 Å². The standard InChI is InChI=1S/C6H6N2O3.C2H6/c1-11-6-3-2-5(4-7-6)8(9)10;1-2/h2-4H,1H3;1-2H3. The van der Waals surface area contributed by atoms with Gasteiger partial charge in [0.2, 0.25) is 5.88 Å². The average Bonchev–Trinajstić information content (AvgIpc) is 2.21. The van der Waals surface area contributed by atoms with Crippen molar-refractivity contribution in [3.05, 3.63) is 28.4 Å². The molecule has 0 saturated carbocycles. The number of ether oxygens (including phenoxy) is 1. The van der Waals surface area contributed by atoms with Crippen molar-refractivity contribution < 1.29 is 9.66 Å². The summed E-state index contributed by atoms with van der Waals surface area (Å²) in [5.74, 6) is 0.371. The fourth-order valence-electron chi connectivity index (χ4n) is 0.601. The lowest BCUT2D eigenvalue weighted by Gasteiger charge is -1.94. The van der Waals surface area contributed by atoms with E-state index in [1.807, 2.05) is 13.8 Å². The highest BCUT2D eigenvalue weighted by Crippen LogP contribution is 2.12. The van der Waals surface area contributed by atoms with Crippen LogP contribution in [0.3, 0.4) is 0 Å². The van der Waals surface area contributed by atoms with Crippen LogP contribution in [0.25, 0.3) is 0 Å².